The van der Waals surface area contributed by atoms with E-state index in [-0.39, 0.29) is 11.5 Å². The first-order valence-electron chi connectivity index (χ1n) is 11.2. The minimum absolute atomic E-state index is 0.173. The van der Waals surface area contributed by atoms with E-state index in [1.54, 1.807) is 6.07 Å². The molecular weight excluding hydrogens is 443 g/mol. The molecule has 0 fully saturated rings. The van der Waals surface area contributed by atoms with Crippen molar-refractivity contribution in [1.82, 2.24) is 4.98 Å². The van der Waals surface area contributed by atoms with Crippen LogP contribution in [0.2, 0.25) is 0 Å². The van der Waals surface area contributed by atoms with E-state index >= 15 is 0 Å². The molecule has 0 amide bonds. The lowest BCUT2D eigenvalue weighted by molar-refractivity contribution is 0.0601. The van der Waals surface area contributed by atoms with Crippen molar-refractivity contribution in [1.29, 1.82) is 0 Å². The van der Waals surface area contributed by atoms with E-state index in [1.165, 1.54) is 25.7 Å². The number of methoxy groups -OCH3 is 2. The van der Waals surface area contributed by atoms with Crippen LogP contribution in [0.5, 0.6) is 5.88 Å². The molecule has 0 spiro atoms. The number of hydrogen-bond donors (Lipinski definition) is 0. The van der Waals surface area contributed by atoms with Crippen LogP contribution in [0.3, 0.4) is 0 Å². The maximum absolute atomic E-state index is 12.7. The highest BCUT2D eigenvalue weighted by Gasteiger charge is 2.35. The van der Waals surface area contributed by atoms with Crippen LogP contribution in [0, 0.1) is 11.8 Å². The van der Waals surface area contributed by atoms with Gasteiger partial charge in [-0.3, -0.25) is 4.74 Å². The van der Waals surface area contributed by atoms with Crippen LogP contribution < -0.4 is 10.0 Å². The van der Waals surface area contributed by atoms with Gasteiger partial charge >= 0.3 is 5.97 Å². The second kappa shape index (κ2) is 11.0. The minimum atomic E-state index is -2.57. The molecule has 0 radical (unpaired) electrons. The average molecular weight is 471 g/mol. The molecule has 2 unspecified atom stereocenters. The first-order chi connectivity index (χ1) is 16.7. The van der Waals surface area contributed by atoms with Crippen LogP contribution in [-0.2, 0) is 4.74 Å². The fourth-order valence-corrected chi connectivity index (χ4v) is 8.06. The number of nitrogens with zero attached hydrogens (tertiary/aromatic N) is 2. The maximum Gasteiger partial charge on any atom is 0.340 e. The first-order valence-corrected chi connectivity index (χ1v) is 13.0. The van der Waals surface area contributed by atoms with Gasteiger partial charge in [-0.2, -0.15) is 0 Å². The number of esters is 1. The summed E-state index contributed by atoms with van der Waals surface area (Å²) in [6.07, 6.45) is 18.7. The van der Waals surface area contributed by atoms with Gasteiger partial charge in [0.2, 0.25) is 5.88 Å². The topological polar surface area (TPSA) is 60.8 Å². The van der Waals surface area contributed by atoms with E-state index in [1.807, 2.05) is 36.4 Å². The molecule has 0 saturated carbocycles. The Balaban J connectivity index is 2.15. The van der Waals surface area contributed by atoms with Crippen molar-refractivity contribution in [2.24, 2.45) is 4.74 Å². The lowest BCUT2D eigenvalue weighted by Crippen LogP contribution is -2.18. The lowest BCUT2D eigenvalue weighted by atomic mass is 10.2. The summed E-state index contributed by atoms with van der Waals surface area (Å²) in [4.78, 5) is 17.1. The van der Waals surface area contributed by atoms with Crippen LogP contribution in [0.15, 0.2) is 95.2 Å². The van der Waals surface area contributed by atoms with Gasteiger partial charge in [0.05, 0.1) is 25.4 Å². The second-order valence-electron chi connectivity index (χ2n) is 7.74. The zero-order valence-electron chi connectivity index (χ0n) is 19.3. The van der Waals surface area contributed by atoms with Gasteiger partial charge in [0.1, 0.15) is 5.69 Å². The van der Waals surface area contributed by atoms with Crippen molar-refractivity contribution in [3.05, 3.63) is 96.0 Å². The molecule has 34 heavy (non-hydrogen) atoms. The van der Waals surface area contributed by atoms with E-state index < -0.39 is 13.0 Å². The lowest BCUT2D eigenvalue weighted by Gasteiger charge is -2.33. The number of rotatable bonds is 6. The Morgan fingerprint density at radius 3 is 2.71 bits per heavy atom. The van der Waals surface area contributed by atoms with Gasteiger partial charge in [0.15, 0.2) is 0 Å². The molecule has 1 aromatic carbocycles. The molecule has 0 N–H and O–H groups in total. The van der Waals surface area contributed by atoms with Gasteiger partial charge in [-0.25, -0.2) is 9.78 Å². The summed E-state index contributed by atoms with van der Waals surface area (Å²) in [5, 5.41) is 2.31. The Labute approximate surface area is 201 Å². The van der Waals surface area contributed by atoms with E-state index in [0.717, 1.165) is 18.1 Å². The monoisotopic (exact) mass is 470 g/mol. The summed E-state index contributed by atoms with van der Waals surface area (Å²) >= 11 is 0. The van der Waals surface area contributed by atoms with E-state index in [2.05, 4.69) is 53.3 Å². The average Bonchev–Trinajstić information content (AvgIpc) is 2.88. The number of carbonyl (C=O) groups excluding carboxylic acids is 1. The Morgan fingerprint density at radius 2 is 1.97 bits per heavy atom. The molecule has 0 bridgehead atoms. The molecule has 0 saturated heterocycles. The van der Waals surface area contributed by atoms with Crippen molar-refractivity contribution in [2.45, 2.75) is 24.9 Å². The summed E-state index contributed by atoms with van der Waals surface area (Å²) in [5.74, 6) is 6.62. The van der Waals surface area contributed by atoms with Gasteiger partial charge in [-0.05, 0) is 29.5 Å². The van der Waals surface area contributed by atoms with Crippen molar-refractivity contribution in [3.63, 3.8) is 0 Å². The smallest absolute Gasteiger partial charge is 0.340 e. The third kappa shape index (κ3) is 4.69. The number of carbonyl (C=O) groups is 1. The molecule has 2 atom stereocenters. The fourth-order valence-electron chi connectivity index (χ4n) is 4.14. The number of aromatic nitrogens is 1. The molecule has 2 aliphatic rings. The normalized spacial score (nSPS) is 19.4. The van der Waals surface area contributed by atoms with Crippen LogP contribution >= 0.6 is 7.05 Å². The molecule has 2 aliphatic carbocycles. The van der Waals surface area contributed by atoms with E-state index in [0.29, 0.717) is 17.7 Å². The molecule has 6 heteroatoms. The van der Waals surface area contributed by atoms with Crippen molar-refractivity contribution >= 4 is 24.0 Å². The molecule has 1 aromatic heterocycles. The number of hydrogen-bond acceptors (Lipinski definition) is 5. The number of ether oxygens (including phenoxy) is 2. The van der Waals surface area contributed by atoms with E-state index in [9.17, 15) is 4.79 Å². The third-order valence-electron chi connectivity index (χ3n) is 5.74. The largest absolute Gasteiger partial charge is 0.479 e. The van der Waals surface area contributed by atoms with Crippen molar-refractivity contribution < 1.29 is 14.3 Å². The standard InChI is InChI=1S/C28H27N2O3P/c1-32-27-26(25(20-21-29-27)28(31)33-2)30-34(23-16-10-6-11-17-23,24-18-12-7-13-19-24)22-14-8-4-3-5-9-15-22/h3-4,6-8,10-12,14,16-18,20-22H,5,13,19H2,1-2H3/b4-3-,14-8?. The van der Waals surface area contributed by atoms with Gasteiger partial charge in [-0.1, -0.05) is 84.7 Å². The van der Waals surface area contributed by atoms with Crippen LogP contribution in [0.25, 0.3) is 0 Å². The Bertz CT molecular complexity index is 1290. The zero-order valence-corrected chi connectivity index (χ0v) is 20.2. The third-order valence-corrected chi connectivity index (χ3v) is 9.70. The van der Waals surface area contributed by atoms with Gasteiger partial charge in [-0.15, -0.1) is 0 Å². The number of pyridine rings is 1. The molecule has 2 aromatic rings. The summed E-state index contributed by atoms with van der Waals surface area (Å²) in [6, 6.07) is 11.9. The van der Waals surface area contributed by atoms with Gasteiger partial charge in [0, 0.05) is 19.7 Å². The molecule has 172 valence electrons. The minimum Gasteiger partial charge on any atom is -0.479 e. The Hall–Kier alpha value is -3.61. The Morgan fingerprint density at radius 1 is 1.12 bits per heavy atom. The summed E-state index contributed by atoms with van der Waals surface area (Å²) in [6.45, 7) is 0. The maximum atomic E-state index is 12.7. The Kier molecular flexibility index (Phi) is 7.62. The van der Waals surface area contributed by atoms with Gasteiger partial charge in [0.25, 0.3) is 0 Å². The van der Waals surface area contributed by atoms with E-state index in [4.69, 9.17) is 14.2 Å². The zero-order chi connectivity index (χ0) is 23.8. The first kappa shape index (κ1) is 23.5. The predicted molar refractivity (Wildman–Crippen MR) is 138 cm³/mol. The molecular formula is C28H27N2O3P. The van der Waals surface area contributed by atoms with Crippen LogP contribution in [0.4, 0.5) is 5.69 Å². The summed E-state index contributed by atoms with van der Waals surface area (Å²) in [5.41, 5.74) is 0.551. The highest BCUT2D eigenvalue weighted by atomic mass is 31.2. The SMILES string of the molecule is COC(=O)c1ccnc(OC)c1N=P(C1=CC=CCC1)(c1ccccc1)C1C#CC/C=C\C=C1. The van der Waals surface area contributed by atoms with Gasteiger partial charge < -0.3 is 9.47 Å². The van der Waals surface area contributed by atoms with Crippen LogP contribution in [0.1, 0.15) is 29.6 Å². The second-order valence-corrected chi connectivity index (χ2v) is 11.0. The van der Waals surface area contributed by atoms with Crippen LogP contribution in [-0.4, -0.2) is 30.8 Å². The highest BCUT2D eigenvalue weighted by molar-refractivity contribution is 7.79. The molecule has 4 rings (SSSR count). The number of allylic oxidation sites excluding steroid dienone is 8. The number of benzene rings is 1. The fraction of sp³-hybridized carbons (Fsp3) is 0.214. The highest BCUT2D eigenvalue weighted by Crippen LogP contribution is 2.65. The predicted octanol–water partition coefficient (Wildman–Crippen LogP) is 6.16. The quantitative estimate of drug-likeness (QED) is 0.288. The summed E-state index contributed by atoms with van der Waals surface area (Å²) in [7, 11) is 0.326. The molecule has 0 aliphatic heterocycles. The molecule has 1 heterocycles. The molecule has 5 nitrogen and oxygen atoms in total. The van der Waals surface area contributed by atoms with Crippen molar-refractivity contribution in [3.8, 4) is 17.7 Å². The van der Waals surface area contributed by atoms with Crippen molar-refractivity contribution in [2.75, 3.05) is 14.2 Å². The summed E-state index contributed by atoms with van der Waals surface area (Å²) < 4.78 is 16.1.